The van der Waals surface area contributed by atoms with E-state index < -0.39 is 0 Å². The number of pyridine rings is 1. The summed E-state index contributed by atoms with van der Waals surface area (Å²) >= 11 is 0. The van der Waals surface area contributed by atoms with E-state index >= 15 is 0 Å². The van der Waals surface area contributed by atoms with Crippen molar-refractivity contribution in [3.8, 4) is 0 Å². The molecule has 1 N–H and O–H groups in total. The third-order valence-electron chi connectivity index (χ3n) is 3.69. The highest BCUT2D eigenvalue weighted by molar-refractivity contribution is 5.94. The van der Waals surface area contributed by atoms with Gasteiger partial charge in [0, 0.05) is 19.3 Å². The van der Waals surface area contributed by atoms with Crippen molar-refractivity contribution in [1.82, 2.24) is 9.88 Å². The normalized spacial score (nSPS) is 16.7. The second-order valence-corrected chi connectivity index (χ2v) is 5.61. The minimum absolute atomic E-state index is 0.319. The van der Waals surface area contributed by atoms with Gasteiger partial charge in [-0.2, -0.15) is 0 Å². The summed E-state index contributed by atoms with van der Waals surface area (Å²) in [6, 6.07) is 3.50. The highest BCUT2D eigenvalue weighted by atomic mass is 16.5. The molecule has 0 spiro atoms. The zero-order valence-corrected chi connectivity index (χ0v) is 13.0. The summed E-state index contributed by atoms with van der Waals surface area (Å²) in [5.41, 5.74) is 0.507. The third-order valence-corrected chi connectivity index (χ3v) is 3.69. The first-order valence-corrected chi connectivity index (χ1v) is 7.79. The molecule has 1 unspecified atom stereocenters. The van der Waals surface area contributed by atoms with Crippen molar-refractivity contribution in [2.24, 2.45) is 5.92 Å². The van der Waals surface area contributed by atoms with Gasteiger partial charge in [0.25, 0.3) is 0 Å². The Bertz CT molecular complexity index is 459. The first-order valence-electron chi connectivity index (χ1n) is 7.79. The molecular formula is C16H25N3O2. The molecule has 21 heavy (non-hydrogen) atoms. The van der Waals surface area contributed by atoms with Gasteiger partial charge in [-0.05, 0) is 50.9 Å². The smallest absolute Gasteiger partial charge is 0.341 e. The lowest BCUT2D eigenvalue weighted by atomic mass is 10.1. The van der Waals surface area contributed by atoms with Crippen LogP contribution < -0.4 is 5.32 Å². The fraction of sp³-hybridized carbons (Fsp3) is 0.625. The summed E-state index contributed by atoms with van der Waals surface area (Å²) < 4.78 is 5.06. The molecule has 2 heterocycles. The summed E-state index contributed by atoms with van der Waals surface area (Å²) in [5, 5.41) is 3.29. The maximum absolute atomic E-state index is 11.9. The zero-order chi connectivity index (χ0) is 15.1. The van der Waals surface area contributed by atoms with Gasteiger partial charge in [-0.3, -0.25) is 0 Å². The van der Waals surface area contributed by atoms with Gasteiger partial charge >= 0.3 is 5.97 Å². The fourth-order valence-electron chi connectivity index (χ4n) is 2.66. The molecule has 0 saturated carbocycles. The van der Waals surface area contributed by atoms with Gasteiger partial charge in [-0.1, -0.05) is 6.92 Å². The number of hydrogen-bond acceptors (Lipinski definition) is 5. The number of aromatic nitrogens is 1. The fourth-order valence-corrected chi connectivity index (χ4v) is 2.66. The number of carbonyl (C=O) groups is 1. The molecule has 116 valence electrons. The molecule has 0 aliphatic carbocycles. The maximum atomic E-state index is 11.9. The van der Waals surface area contributed by atoms with Crippen molar-refractivity contribution >= 4 is 11.8 Å². The van der Waals surface area contributed by atoms with E-state index in [-0.39, 0.29) is 5.97 Å². The number of hydrogen-bond donors (Lipinski definition) is 1. The topological polar surface area (TPSA) is 54.5 Å². The van der Waals surface area contributed by atoms with Crippen LogP contribution in [0.4, 0.5) is 5.82 Å². The van der Waals surface area contributed by atoms with Crippen molar-refractivity contribution in [3.63, 3.8) is 0 Å². The quantitative estimate of drug-likeness (QED) is 0.782. The van der Waals surface area contributed by atoms with Crippen LogP contribution in [-0.2, 0) is 4.74 Å². The Labute approximate surface area is 126 Å². The van der Waals surface area contributed by atoms with Gasteiger partial charge in [0.15, 0.2) is 0 Å². The molecule has 5 nitrogen and oxygen atoms in total. The predicted octanol–water partition coefficient (Wildman–Crippen LogP) is 2.40. The molecule has 0 bridgehead atoms. The Morgan fingerprint density at radius 1 is 1.48 bits per heavy atom. The van der Waals surface area contributed by atoms with Crippen molar-refractivity contribution in [1.29, 1.82) is 0 Å². The number of rotatable bonds is 7. The average molecular weight is 291 g/mol. The largest absolute Gasteiger partial charge is 0.462 e. The Hall–Kier alpha value is -1.62. The van der Waals surface area contributed by atoms with E-state index in [0.717, 1.165) is 13.1 Å². The Kier molecular flexibility index (Phi) is 5.99. The second kappa shape index (κ2) is 7.98. The lowest BCUT2D eigenvalue weighted by Crippen LogP contribution is -2.29. The minimum atomic E-state index is -0.319. The molecule has 1 saturated heterocycles. The number of likely N-dealkylation sites (tertiary alicyclic amines) is 1. The van der Waals surface area contributed by atoms with Gasteiger partial charge in [0.2, 0.25) is 0 Å². The van der Waals surface area contributed by atoms with Crippen LogP contribution in [-0.4, -0.2) is 48.6 Å². The molecular weight excluding hydrogens is 266 g/mol. The van der Waals surface area contributed by atoms with Crippen molar-refractivity contribution in [3.05, 3.63) is 23.9 Å². The highest BCUT2D eigenvalue weighted by Gasteiger charge is 2.16. The van der Waals surface area contributed by atoms with E-state index in [9.17, 15) is 4.79 Å². The Morgan fingerprint density at radius 2 is 2.24 bits per heavy atom. The molecule has 2 rings (SSSR count). The zero-order valence-electron chi connectivity index (χ0n) is 13.0. The standard InChI is InChI=1S/C16H25N3O2/c1-3-21-16(20)14-7-6-8-17-15(14)18-11-13(2)12-19-9-4-5-10-19/h6-8,13H,3-5,9-12H2,1-2H3,(H,17,18). The van der Waals surface area contributed by atoms with Crippen LogP contribution in [0.3, 0.4) is 0 Å². The molecule has 5 heteroatoms. The lowest BCUT2D eigenvalue weighted by Gasteiger charge is -2.21. The molecule has 1 aromatic rings. The number of ether oxygens (including phenoxy) is 1. The van der Waals surface area contributed by atoms with Crippen LogP contribution in [0.25, 0.3) is 0 Å². The minimum Gasteiger partial charge on any atom is -0.462 e. The Morgan fingerprint density at radius 3 is 2.95 bits per heavy atom. The van der Waals surface area contributed by atoms with Crippen LogP contribution in [0.5, 0.6) is 0 Å². The average Bonchev–Trinajstić information content (AvgIpc) is 2.98. The second-order valence-electron chi connectivity index (χ2n) is 5.61. The first-order chi connectivity index (χ1) is 10.2. The van der Waals surface area contributed by atoms with Gasteiger partial charge < -0.3 is 15.0 Å². The van der Waals surface area contributed by atoms with Crippen LogP contribution in [0, 0.1) is 5.92 Å². The van der Waals surface area contributed by atoms with E-state index in [4.69, 9.17) is 4.74 Å². The molecule has 0 radical (unpaired) electrons. The maximum Gasteiger partial charge on any atom is 0.341 e. The summed E-state index contributed by atoms with van der Waals surface area (Å²) in [6.45, 7) is 8.72. The number of carbonyl (C=O) groups excluding carboxylic acids is 1. The molecule has 1 atom stereocenters. The van der Waals surface area contributed by atoms with E-state index in [1.165, 1.54) is 25.9 Å². The predicted molar refractivity (Wildman–Crippen MR) is 83.5 cm³/mol. The summed E-state index contributed by atoms with van der Waals surface area (Å²) in [5.74, 6) is 0.810. The number of nitrogens with one attached hydrogen (secondary N) is 1. The van der Waals surface area contributed by atoms with Crippen LogP contribution in [0.15, 0.2) is 18.3 Å². The van der Waals surface area contributed by atoms with Crippen LogP contribution in [0.2, 0.25) is 0 Å². The van der Waals surface area contributed by atoms with Crippen molar-refractivity contribution in [2.45, 2.75) is 26.7 Å². The molecule has 1 aliphatic heterocycles. The van der Waals surface area contributed by atoms with E-state index in [1.54, 1.807) is 25.3 Å². The Balaban J connectivity index is 1.88. The number of esters is 1. The SMILES string of the molecule is CCOC(=O)c1cccnc1NCC(C)CN1CCCC1. The van der Waals surface area contributed by atoms with Gasteiger partial charge in [0.05, 0.1) is 6.61 Å². The van der Waals surface area contributed by atoms with Crippen LogP contribution in [0.1, 0.15) is 37.0 Å². The monoisotopic (exact) mass is 291 g/mol. The van der Waals surface area contributed by atoms with Crippen molar-refractivity contribution < 1.29 is 9.53 Å². The number of anilines is 1. The summed E-state index contributed by atoms with van der Waals surface area (Å²) in [7, 11) is 0. The van der Waals surface area contributed by atoms with Crippen LogP contribution >= 0.6 is 0 Å². The summed E-state index contributed by atoms with van der Waals surface area (Å²) in [4.78, 5) is 18.6. The van der Waals surface area contributed by atoms with E-state index in [1.807, 2.05) is 0 Å². The molecule has 1 aromatic heterocycles. The van der Waals surface area contributed by atoms with Gasteiger partial charge in [-0.15, -0.1) is 0 Å². The third kappa shape index (κ3) is 4.70. The first kappa shape index (κ1) is 15.8. The molecule has 0 amide bonds. The van der Waals surface area contributed by atoms with E-state index in [0.29, 0.717) is 23.9 Å². The van der Waals surface area contributed by atoms with Crippen molar-refractivity contribution in [2.75, 3.05) is 38.1 Å². The lowest BCUT2D eigenvalue weighted by molar-refractivity contribution is 0.0527. The molecule has 0 aromatic carbocycles. The summed E-state index contributed by atoms with van der Waals surface area (Å²) in [6.07, 6.45) is 4.32. The van der Waals surface area contributed by atoms with Gasteiger partial charge in [0.1, 0.15) is 11.4 Å². The number of nitrogens with zero attached hydrogens (tertiary/aromatic N) is 2. The van der Waals surface area contributed by atoms with Gasteiger partial charge in [-0.25, -0.2) is 9.78 Å². The van der Waals surface area contributed by atoms with E-state index in [2.05, 4.69) is 22.1 Å². The highest BCUT2D eigenvalue weighted by Crippen LogP contribution is 2.15. The molecule has 1 aliphatic rings. The molecule has 1 fully saturated rings.